The van der Waals surface area contributed by atoms with E-state index in [2.05, 4.69) is 6.92 Å². The smallest absolute Gasteiger partial charge is 0.150 e. The minimum Gasteiger partial charge on any atom is -0.507 e. The Morgan fingerprint density at radius 1 is 1.33 bits per heavy atom. The van der Waals surface area contributed by atoms with Crippen molar-refractivity contribution in [1.29, 1.82) is 0 Å². The first-order valence-corrected chi connectivity index (χ1v) is 7.00. The quantitative estimate of drug-likeness (QED) is 0.802. The summed E-state index contributed by atoms with van der Waals surface area (Å²) in [6.07, 6.45) is 6.86. The van der Waals surface area contributed by atoms with Crippen LogP contribution >= 0.6 is 0 Å². The Labute approximate surface area is 108 Å². The molecule has 1 aromatic rings. The maximum atomic E-state index is 11.1. The Bertz CT molecular complexity index is 470. The Hall–Kier alpha value is -1.31. The predicted octanol–water partition coefficient (Wildman–Crippen LogP) is 3.67. The van der Waals surface area contributed by atoms with Gasteiger partial charge in [0.05, 0.1) is 0 Å². The number of aromatic hydroxyl groups is 1. The molecule has 3 rings (SSSR count). The summed E-state index contributed by atoms with van der Waals surface area (Å²) in [6, 6.07) is 3.74. The van der Waals surface area contributed by atoms with E-state index in [1.165, 1.54) is 25.7 Å². The van der Waals surface area contributed by atoms with Gasteiger partial charge in [-0.2, -0.15) is 0 Å². The summed E-state index contributed by atoms with van der Waals surface area (Å²) in [5.41, 5.74) is 2.67. The molecular formula is C16H20O2. The molecule has 1 unspecified atom stereocenters. The van der Waals surface area contributed by atoms with E-state index in [9.17, 15) is 9.90 Å². The third-order valence-corrected chi connectivity index (χ3v) is 4.40. The molecule has 18 heavy (non-hydrogen) atoms. The molecule has 1 aromatic carbocycles. The summed E-state index contributed by atoms with van der Waals surface area (Å²) in [7, 11) is 0. The third kappa shape index (κ3) is 2.29. The van der Waals surface area contributed by atoms with Crippen LogP contribution in [0.1, 0.15) is 60.0 Å². The second-order valence-electron chi connectivity index (χ2n) is 6.01. The van der Waals surface area contributed by atoms with Crippen LogP contribution in [0.2, 0.25) is 0 Å². The first-order chi connectivity index (χ1) is 8.69. The second-order valence-corrected chi connectivity index (χ2v) is 6.01. The van der Waals surface area contributed by atoms with Crippen molar-refractivity contribution in [3.63, 3.8) is 0 Å². The van der Waals surface area contributed by atoms with Crippen molar-refractivity contribution >= 4 is 6.29 Å². The number of benzene rings is 1. The van der Waals surface area contributed by atoms with Crippen molar-refractivity contribution in [2.24, 2.45) is 11.8 Å². The number of hydrogen-bond donors (Lipinski definition) is 1. The molecule has 2 fully saturated rings. The Morgan fingerprint density at radius 2 is 2.06 bits per heavy atom. The fourth-order valence-corrected chi connectivity index (χ4v) is 2.80. The molecule has 0 saturated heterocycles. The molecule has 0 amide bonds. The van der Waals surface area contributed by atoms with E-state index in [4.69, 9.17) is 0 Å². The normalized spacial score (nSPS) is 20.7. The lowest BCUT2D eigenvalue weighted by Gasteiger charge is -2.16. The molecule has 96 valence electrons. The van der Waals surface area contributed by atoms with Gasteiger partial charge < -0.3 is 5.11 Å². The molecule has 0 radical (unpaired) electrons. The summed E-state index contributed by atoms with van der Waals surface area (Å²) in [5, 5.41) is 10.4. The van der Waals surface area contributed by atoms with Gasteiger partial charge in [0.1, 0.15) is 12.0 Å². The van der Waals surface area contributed by atoms with Crippen molar-refractivity contribution in [2.45, 2.75) is 44.9 Å². The monoisotopic (exact) mass is 244 g/mol. The van der Waals surface area contributed by atoms with Gasteiger partial charge in [0.2, 0.25) is 0 Å². The lowest BCUT2D eigenvalue weighted by atomic mass is 9.90. The van der Waals surface area contributed by atoms with Crippen LogP contribution in [0.3, 0.4) is 0 Å². The Morgan fingerprint density at radius 3 is 2.61 bits per heavy atom. The van der Waals surface area contributed by atoms with Gasteiger partial charge in [-0.25, -0.2) is 0 Å². The van der Waals surface area contributed by atoms with Crippen molar-refractivity contribution in [3.8, 4) is 5.75 Å². The molecule has 1 atom stereocenters. The molecule has 2 heteroatoms. The van der Waals surface area contributed by atoms with E-state index in [1.807, 2.05) is 12.1 Å². The van der Waals surface area contributed by atoms with E-state index in [-0.39, 0.29) is 0 Å². The van der Waals surface area contributed by atoms with E-state index in [1.54, 1.807) is 0 Å². The van der Waals surface area contributed by atoms with Crippen LogP contribution in [-0.4, -0.2) is 11.4 Å². The molecule has 2 aliphatic rings. The molecule has 2 aliphatic carbocycles. The number of phenolic OH excluding ortho intramolecular Hbond substituents is 1. The maximum absolute atomic E-state index is 11.1. The third-order valence-electron chi connectivity index (χ3n) is 4.40. The van der Waals surface area contributed by atoms with Gasteiger partial charge in [0.15, 0.2) is 0 Å². The van der Waals surface area contributed by atoms with Crippen LogP contribution < -0.4 is 0 Å². The van der Waals surface area contributed by atoms with Crippen LogP contribution in [0.25, 0.3) is 0 Å². The minimum absolute atomic E-state index is 0.378. The van der Waals surface area contributed by atoms with Crippen molar-refractivity contribution in [3.05, 3.63) is 28.8 Å². The zero-order chi connectivity index (χ0) is 12.7. The number of aldehydes is 1. The first-order valence-electron chi connectivity index (χ1n) is 7.00. The van der Waals surface area contributed by atoms with Crippen molar-refractivity contribution in [1.82, 2.24) is 0 Å². The summed E-state index contributed by atoms with van der Waals surface area (Å²) in [6.45, 7) is 2.17. The van der Waals surface area contributed by atoms with Gasteiger partial charge in [0.25, 0.3) is 0 Å². The number of rotatable bonds is 5. The number of carbonyl (C=O) groups excluding carboxylic acids is 1. The topological polar surface area (TPSA) is 37.3 Å². The first kappa shape index (κ1) is 11.8. The molecule has 0 heterocycles. The molecule has 1 N–H and O–H groups in total. The fraction of sp³-hybridized carbons (Fsp3) is 0.562. The zero-order valence-electron chi connectivity index (χ0n) is 10.9. The van der Waals surface area contributed by atoms with E-state index < -0.39 is 0 Å². The lowest BCUT2D eigenvalue weighted by Crippen LogP contribution is -2.01. The second kappa shape index (κ2) is 4.42. The van der Waals surface area contributed by atoms with Gasteiger partial charge >= 0.3 is 0 Å². The van der Waals surface area contributed by atoms with Gasteiger partial charge in [-0.3, -0.25) is 4.79 Å². The van der Waals surface area contributed by atoms with Gasteiger partial charge in [-0.15, -0.1) is 0 Å². The minimum atomic E-state index is 0.378. The summed E-state index contributed by atoms with van der Waals surface area (Å²) >= 11 is 0. The van der Waals surface area contributed by atoms with Crippen LogP contribution in [0.5, 0.6) is 5.75 Å². The van der Waals surface area contributed by atoms with Crippen LogP contribution in [0, 0.1) is 11.8 Å². The SMILES string of the molecule is CC(c1cc(C=O)cc(CC2CC2)c1O)C1CC1. The van der Waals surface area contributed by atoms with Gasteiger partial charge in [-0.1, -0.05) is 6.92 Å². The highest BCUT2D eigenvalue weighted by Gasteiger charge is 2.32. The van der Waals surface area contributed by atoms with Crippen molar-refractivity contribution in [2.75, 3.05) is 0 Å². The number of carbonyl (C=O) groups is 1. The van der Waals surface area contributed by atoms with Crippen LogP contribution in [0.4, 0.5) is 0 Å². The molecule has 0 spiro atoms. The van der Waals surface area contributed by atoms with Crippen LogP contribution in [-0.2, 0) is 6.42 Å². The van der Waals surface area contributed by atoms with Gasteiger partial charge in [-0.05, 0) is 73.1 Å². The maximum Gasteiger partial charge on any atom is 0.150 e. The van der Waals surface area contributed by atoms with E-state index >= 15 is 0 Å². The lowest BCUT2D eigenvalue weighted by molar-refractivity contribution is 0.112. The standard InChI is InChI=1S/C16H20O2/c1-10(13-4-5-13)15-8-12(9-17)7-14(16(15)18)6-11-2-3-11/h7-11,13,18H,2-6H2,1H3. The average molecular weight is 244 g/mol. The number of phenols is 1. The highest BCUT2D eigenvalue weighted by Crippen LogP contribution is 2.46. The molecule has 2 nitrogen and oxygen atoms in total. The summed E-state index contributed by atoms with van der Waals surface area (Å²) in [5.74, 6) is 2.25. The van der Waals surface area contributed by atoms with Crippen LogP contribution in [0.15, 0.2) is 12.1 Å². The Balaban J connectivity index is 1.96. The average Bonchev–Trinajstić information content (AvgIpc) is 3.24. The zero-order valence-corrected chi connectivity index (χ0v) is 10.9. The molecule has 0 aromatic heterocycles. The van der Waals surface area contributed by atoms with E-state index in [0.29, 0.717) is 23.1 Å². The fourth-order valence-electron chi connectivity index (χ4n) is 2.80. The van der Waals surface area contributed by atoms with Crippen molar-refractivity contribution < 1.29 is 9.90 Å². The number of hydrogen-bond acceptors (Lipinski definition) is 2. The summed E-state index contributed by atoms with van der Waals surface area (Å²) < 4.78 is 0. The van der Waals surface area contributed by atoms with E-state index in [0.717, 1.165) is 29.8 Å². The highest BCUT2D eigenvalue weighted by atomic mass is 16.3. The molecule has 0 aliphatic heterocycles. The largest absolute Gasteiger partial charge is 0.507 e. The molecule has 0 bridgehead atoms. The Kier molecular flexibility index (Phi) is 2.89. The predicted molar refractivity (Wildman–Crippen MR) is 71.1 cm³/mol. The molecule has 2 saturated carbocycles. The highest BCUT2D eigenvalue weighted by molar-refractivity contribution is 5.76. The summed E-state index contributed by atoms with van der Waals surface area (Å²) in [4.78, 5) is 11.1. The van der Waals surface area contributed by atoms with Gasteiger partial charge in [0, 0.05) is 5.56 Å². The molecular weight excluding hydrogens is 224 g/mol.